The zero-order valence-electron chi connectivity index (χ0n) is 16.0. The van der Waals surface area contributed by atoms with Gasteiger partial charge in [-0.2, -0.15) is 5.10 Å². The van der Waals surface area contributed by atoms with Gasteiger partial charge in [-0.05, 0) is 57.9 Å². The molecule has 1 fully saturated rings. The average Bonchev–Trinajstić information content (AvgIpc) is 2.94. The predicted molar refractivity (Wildman–Crippen MR) is 98.6 cm³/mol. The fraction of sp³-hybridized carbons (Fsp3) is 0.500. The predicted octanol–water partition coefficient (Wildman–Crippen LogP) is 3.34. The van der Waals surface area contributed by atoms with E-state index >= 15 is 0 Å². The average molecular weight is 341 g/mol. The van der Waals surface area contributed by atoms with Gasteiger partial charge in [-0.25, -0.2) is 0 Å². The van der Waals surface area contributed by atoms with Gasteiger partial charge in [-0.3, -0.25) is 9.48 Å². The number of carbonyl (C=O) groups is 1. The van der Waals surface area contributed by atoms with Crippen molar-refractivity contribution in [2.24, 2.45) is 7.05 Å². The quantitative estimate of drug-likeness (QED) is 0.842. The highest BCUT2D eigenvalue weighted by Crippen LogP contribution is 2.27. The van der Waals surface area contributed by atoms with Crippen LogP contribution in [0.4, 0.5) is 0 Å². The normalized spacial score (nSPS) is 19.9. The molecular formula is C20H27N3O2. The third-order valence-corrected chi connectivity index (χ3v) is 5.04. The first-order valence-corrected chi connectivity index (χ1v) is 8.74. The zero-order valence-corrected chi connectivity index (χ0v) is 16.0. The summed E-state index contributed by atoms with van der Waals surface area (Å²) in [5.74, 6) is -0.0363. The van der Waals surface area contributed by atoms with E-state index in [0.29, 0.717) is 18.8 Å². The number of amides is 1. The van der Waals surface area contributed by atoms with Gasteiger partial charge >= 0.3 is 0 Å². The van der Waals surface area contributed by atoms with E-state index < -0.39 is 0 Å². The molecule has 0 radical (unpaired) electrons. The van der Waals surface area contributed by atoms with Gasteiger partial charge < -0.3 is 9.64 Å². The van der Waals surface area contributed by atoms with Gasteiger partial charge in [-0.1, -0.05) is 12.1 Å². The van der Waals surface area contributed by atoms with Crippen LogP contribution < -0.4 is 0 Å². The zero-order chi connectivity index (χ0) is 18.4. The summed E-state index contributed by atoms with van der Waals surface area (Å²) < 4.78 is 7.50. The maximum Gasteiger partial charge on any atom is 0.274 e. The van der Waals surface area contributed by atoms with Gasteiger partial charge in [0.2, 0.25) is 0 Å². The molecule has 2 aromatic rings. The molecule has 5 heteroatoms. The Hall–Kier alpha value is -2.14. The molecule has 3 rings (SSSR count). The first-order valence-electron chi connectivity index (χ1n) is 8.74. The minimum atomic E-state index is -0.332. The molecule has 2 heterocycles. The molecule has 1 unspecified atom stereocenters. The monoisotopic (exact) mass is 341 g/mol. The standard InChI is InChI=1S/C20H27N3O2/c1-13-7-8-16(9-14(13)2)18-10-17(21-22(18)6)19(24)23-11-15(3)25-12-20(23,4)5/h7-10,15H,11-12H2,1-6H3. The molecule has 1 aliphatic heterocycles. The van der Waals surface area contributed by atoms with Crippen molar-refractivity contribution >= 4 is 5.91 Å². The van der Waals surface area contributed by atoms with Gasteiger partial charge in [0, 0.05) is 19.2 Å². The Morgan fingerprint density at radius 3 is 2.64 bits per heavy atom. The first-order chi connectivity index (χ1) is 11.7. The van der Waals surface area contributed by atoms with E-state index in [1.807, 2.05) is 38.8 Å². The molecule has 0 saturated carbocycles. The van der Waals surface area contributed by atoms with E-state index in [1.54, 1.807) is 4.68 Å². The SMILES string of the molecule is Cc1ccc(-c2cc(C(=O)N3CC(C)OCC3(C)C)nn2C)cc1C. The summed E-state index contributed by atoms with van der Waals surface area (Å²) in [6, 6.07) is 8.21. The van der Waals surface area contributed by atoms with Crippen molar-refractivity contribution in [3.63, 3.8) is 0 Å². The van der Waals surface area contributed by atoms with Crippen molar-refractivity contribution in [3.05, 3.63) is 41.1 Å². The Labute approximate surface area is 149 Å². The second kappa shape index (κ2) is 6.30. The van der Waals surface area contributed by atoms with E-state index in [4.69, 9.17) is 4.74 Å². The lowest BCUT2D eigenvalue weighted by Crippen LogP contribution is -2.57. The Bertz CT molecular complexity index is 807. The molecule has 1 aromatic carbocycles. The van der Waals surface area contributed by atoms with E-state index in [1.165, 1.54) is 11.1 Å². The van der Waals surface area contributed by atoms with Gasteiger partial charge in [0.25, 0.3) is 5.91 Å². The third kappa shape index (κ3) is 3.33. The third-order valence-electron chi connectivity index (χ3n) is 5.04. The number of benzene rings is 1. The molecule has 0 aliphatic carbocycles. The van der Waals surface area contributed by atoms with Crippen molar-refractivity contribution in [2.45, 2.75) is 46.3 Å². The highest BCUT2D eigenvalue weighted by atomic mass is 16.5. The number of hydrogen-bond donors (Lipinski definition) is 0. The molecular weight excluding hydrogens is 314 g/mol. The number of rotatable bonds is 2. The van der Waals surface area contributed by atoms with Crippen LogP contribution in [0.5, 0.6) is 0 Å². The van der Waals surface area contributed by atoms with E-state index in [-0.39, 0.29) is 17.6 Å². The molecule has 1 amide bonds. The first kappa shape index (κ1) is 17.7. The van der Waals surface area contributed by atoms with Crippen molar-refractivity contribution in [3.8, 4) is 11.3 Å². The fourth-order valence-electron chi connectivity index (χ4n) is 3.22. The van der Waals surface area contributed by atoms with E-state index in [0.717, 1.165) is 11.3 Å². The van der Waals surface area contributed by atoms with Gasteiger partial charge in [0.1, 0.15) is 0 Å². The lowest BCUT2D eigenvalue weighted by molar-refractivity contribution is -0.0757. The van der Waals surface area contributed by atoms with Gasteiger partial charge in [0.15, 0.2) is 5.69 Å². The van der Waals surface area contributed by atoms with Gasteiger partial charge in [-0.15, -0.1) is 0 Å². The highest BCUT2D eigenvalue weighted by Gasteiger charge is 2.38. The minimum absolute atomic E-state index is 0.0363. The molecule has 0 spiro atoms. The molecule has 134 valence electrons. The number of ether oxygens (including phenoxy) is 1. The number of carbonyl (C=O) groups excluding carboxylic acids is 1. The summed E-state index contributed by atoms with van der Waals surface area (Å²) in [7, 11) is 1.88. The largest absolute Gasteiger partial charge is 0.374 e. The van der Waals surface area contributed by atoms with Crippen LogP contribution in [-0.2, 0) is 11.8 Å². The van der Waals surface area contributed by atoms with Crippen molar-refractivity contribution < 1.29 is 9.53 Å². The summed E-state index contributed by atoms with van der Waals surface area (Å²) in [6.45, 7) is 11.4. The molecule has 0 bridgehead atoms. The minimum Gasteiger partial charge on any atom is -0.374 e. The topological polar surface area (TPSA) is 47.4 Å². The summed E-state index contributed by atoms with van der Waals surface area (Å²) in [4.78, 5) is 15.0. The number of aromatic nitrogens is 2. The summed E-state index contributed by atoms with van der Waals surface area (Å²) in [5, 5.41) is 4.49. The van der Waals surface area contributed by atoms with Crippen LogP contribution in [0.15, 0.2) is 24.3 Å². The van der Waals surface area contributed by atoms with Crippen LogP contribution in [0.1, 0.15) is 42.4 Å². The number of hydrogen-bond acceptors (Lipinski definition) is 3. The second-order valence-electron chi connectivity index (χ2n) is 7.69. The van der Waals surface area contributed by atoms with E-state index in [9.17, 15) is 4.79 Å². The number of aryl methyl sites for hydroxylation is 3. The number of morpholine rings is 1. The molecule has 1 aromatic heterocycles. The van der Waals surface area contributed by atoms with Crippen LogP contribution in [0.2, 0.25) is 0 Å². The van der Waals surface area contributed by atoms with Crippen molar-refractivity contribution in [1.82, 2.24) is 14.7 Å². The molecule has 0 N–H and O–H groups in total. The maximum absolute atomic E-state index is 13.1. The Morgan fingerprint density at radius 2 is 1.96 bits per heavy atom. The summed E-state index contributed by atoms with van der Waals surface area (Å²) >= 11 is 0. The molecule has 25 heavy (non-hydrogen) atoms. The fourth-order valence-corrected chi connectivity index (χ4v) is 3.22. The summed E-state index contributed by atoms with van der Waals surface area (Å²) in [6.07, 6.45) is 0.0416. The van der Waals surface area contributed by atoms with Crippen LogP contribution in [0.25, 0.3) is 11.3 Å². The molecule has 1 aliphatic rings. The lowest BCUT2D eigenvalue weighted by Gasteiger charge is -2.44. The highest BCUT2D eigenvalue weighted by molar-refractivity contribution is 5.94. The molecule has 1 saturated heterocycles. The van der Waals surface area contributed by atoms with Gasteiger partial charge in [0.05, 0.1) is 23.9 Å². The van der Waals surface area contributed by atoms with Crippen LogP contribution in [0, 0.1) is 13.8 Å². The van der Waals surface area contributed by atoms with Crippen molar-refractivity contribution in [2.75, 3.05) is 13.2 Å². The van der Waals surface area contributed by atoms with Crippen LogP contribution in [0.3, 0.4) is 0 Å². The maximum atomic E-state index is 13.1. The summed E-state index contributed by atoms with van der Waals surface area (Å²) in [5.41, 5.74) is 4.66. The number of nitrogens with zero attached hydrogens (tertiary/aromatic N) is 3. The molecule has 5 nitrogen and oxygen atoms in total. The Kier molecular flexibility index (Phi) is 4.45. The van der Waals surface area contributed by atoms with E-state index in [2.05, 4.69) is 37.1 Å². The van der Waals surface area contributed by atoms with Crippen LogP contribution in [-0.4, -0.2) is 45.4 Å². The van der Waals surface area contributed by atoms with Crippen LogP contribution >= 0.6 is 0 Å². The lowest BCUT2D eigenvalue weighted by atomic mass is 10.00. The Balaban J connectivity index is 1.93. The second-order valence-corrected chi connectivity index (χ2v) is 7.69. The van der Waals surface area contributed by atoms with Crippen molar-refractivity contribution in [1.29, 1.82) is 0 Å². The Morgan fingerprint density at radius 1 is 1.24 bits per heavy atom. The smallest absolute Gasteiger partial charge is 0.274 e. The molecule has 1 atom stereocenters.